The lowest BCUT2D eigenvalue weighted by atomic mass is 9.58. The number of carbonyl (C=O) groups excluding carboxylic acids is 1. The Morgan fingerprint density at radius 1 is 1.28 bits per heavy atom. The van der Waals surface area contributed by atoms with E-state index in [-0.39, 0.29) is 5.41 Å². The van der Waals surface area contributed by atoms with Crippen LogP contribution in [-0.4, -0.2) is 11.9 Å². The molecule has 1 unspecified atom stereocenters. The minimum atomic E-state index is -0.0699. The van der Waals surface area contributed by atoms with Crippen molar-refractivity contribution in [2.75, 3.05) is 0 Å². The Balaban J connectivity index is 1.91. The fraction of sp³-hybridized carbons (Fsp3) is 0.812. The molecule has 3 atom stereocenters. The maximum atomic E-state index is 12.3. The van der Waals surface area contributed by atoms with Crippen molar-refractivity contribution in [3.63, 3.8) is 0 Å². The van der Waals surface area contributed by atoms with Crippen molar-refractivity contribution in [3.8, 4) is 0 Å². The molecule has 0 aromatic heterocycles. The zero-order chi connectivity index (χ0) is 12.8. The summed E-state index contributed by atoms with van der Waals surface area (Å²) < 4.78 is 6.14. The minimum Gasteiger partial charge on any atom is -0.495 e. The van der Waals surface area contributed by atoms with Crippen molar-refractivity contribution < 1.29 is 9.53 Å². The largest absolute Gasteiger partial charge is 0.495 e. The molecule has 0 bridgehead atoms. The molecule has 3 aliphatic rings. The quantitative estimate of drug-likeness (QED) is 0.701. The number of hydrogen-bond donors (Lipinski definition) is 0. The molecular weight excluding hydrogens is 224 g/mol. The fourth-order valence-electron chi connectivity index (χ4n) is 4.18. The lowest BCUT2D eigenvalue weighted by molar-refractivity contribution is -0.134. The molecule has 0 aromatic carbocycles. The molecule has 0 N–H and O–H groups in total. The monoisotopic (exact) mass is 248 g/mol. The second kappa shape index (κ2) is 4.40. The maximum absolute atomic E-state index is 12.3. The summed E-state index contributed by atoms with van der Waals surface area (Å²) >= 11 is 0. The Morgan fingerprint density at radius 3 is 2.89 bits per heavy atom. The number of Topliss-reactive ketones (excluding diaryl/α,β-unsaturated/α-hetero) is 1. The number of hydrogen-bond acceptors (Lipinski definition) is 2. The predicted octanol–water partition coefficient (Wildman–Crippen LogP) is 4.00. The summed E-state index contributed by atoms with van der Waals surface area (Å²) in [4.78, 5) is 12.3. The number of fused-ring (bicyclic) bond motifs is 2. The second-order valence-electron chi connectivity index (χ2n) is 6.42. The van der Waals surface area contributed by atoms with E-state index in [0.717, 1.165) is 38.5 Å². The Hall–Kier alpha value is -0.790. The normalized spacial score (nSPS) is 40.0. The highest BCUT2D eigenvalue weighted by Crippen LogP contribution is 2.53. The Morgan fingerprint density at radius 2 is 2.11 bits per heavy atom. The van der Waals surface area contributed by atoms with Crippen LogP contribution in [0.15, 0.2) is 11.3 Å². The summed E-state index contributed by atoms with van der Waals surface area (Å²) in [5.41, 5.74) is 1.43. The first-order valence-corrected chi connectivity index (χ1v) is 7.57. The van der Waals surface area contributed by atoms with Crippen molar-refractivity contribution in [2.24, 2.45) is 11.3 Å². The van der Waals surface area contributed by atoms with Crippen LogP contribution in [0.1, 0.15) is 65.2 Å². The molecule has 1 aliphatic heterocycles. The van der Waals surface area contributed by atoms with Crippen LogP contribution in [0.2, 0.25) is 0 Å². The first-order valence-electron chi connectivity index (χ1n) is 7.57. The predicted molar refractivity (Wildman–Crippen MR) is 71.1 cm³/mol. The number of rotatable bonds is 1. The topological polar surface area (TPSA) is 26.3 Å². The summed E-state index contributed by atoms with van der Waals surface area (Å²) in [5, 5.41) is 0. The number of carbonyl (C=O) groups is 1. The highest BCUT2D eigenvalue weighted by molar-refractivity contribution is 5.86. The first-order chi connectivity index (χ1) is 8.65. The standard InChI is InChI=1S/C16H24O2/c1-3-11-7-8-12-13-5-4-6-15(17)16(13,2)10-9-14(12)18-11/h11,13H,3-10H2,1-2H3/t11?,13-,16-/m0/s1. The van der Waals surface area contributed by atoms with Crippen LogP contribution < -0.4 is 0 Å². The molecule has 0 amide bonds. The molecule has 0 aromatic rings. The van der Waals surface area contributed by atoms with E-state index in [1.54, 1.807) is 0 Å². The van der Waals surface area contributed by atoms with Gasteiger partial charge in [0.2, 0.25) is 0 Å². The smallest absolute Gasteiger partial charge is 0.139 e. The van der Waals surface area contributed by atoms with Gasteiger partial charge in [-0.05, 0) is 50.0 Å². The minimum absolute atomic E-state index is 0.0699. The van der Waals surface area contributed by atoms with Crippen molar-refractivity contribution in [2.45, 2.75) is 71.3 Å². The lowest BCUT2D eigenvalue weighted by Crippen LogP contribution is -2.44. The van der Waals surface area contributed by atoms with Gasteiger partial charge in [-0.15, -0.1) is 0 Å². The van der Waals surface area contributed by atoms with Gasteiger partial charge in [0, 0.05) is 18.3 Å². The van der Waals surface area contributed by atoms with Gasteiger partial charge < -0.3 is 4.74 Å². The summed E-state index contributed by atoms with van der Waals surface area (Å²) in [6.07, 6.45) is 8.92. The number of ketones is 1. The van der Waals surface area contributed by atoms with Crippen molar-refractivity contribution in [3.05, 3.63) is 11.3 Å². The SMILES string of the molecule is CCC1CCC2=C(CC[C@]3(C)C(=O)CCC[C@@H]23)O1. The van der Waals surface area contributed by atoms with Gasteiger partial charge in [-0.3, -0.25) is 4.79 Å². The first kappa shape index (κ1) is 12.3. The summed E-state index contributed by atoms with van der Waals surface area (Å²) in [5.74, 6) is 2.24. The molecule has 3 rings (SSSR count). The van der Waals surface area contributed by atoms with Crippen LogP contribution in [0.3, 0.4) is 0 Å². The summed E-state index contributed by atoms with van der Waals surface area (Å²) in [6, 6.07) is 0. The van der Waals surface area contributed by atoms with Gasteiger partial charge in [-0.1, -0.05) is 13.8 Å². The van der Waals surface area contributed by atoms with Crippen molar-refractivity contribution in [1.82, 2.24) is 0 Å². The van der Waals surface area contributed by atoms with E-state index >= 15 is 0 Å². The third-order valence-corrected chi connectivity index (χ3v) is 5.45. The van der Waals surface area contributed by atoms with E-state index < -0.39 is 0 Å². The van der Waals surface area contributed by atoms with Crippen LogP contribution in [0.25, 0.3) is 0 Å². The van der Waals surface area contributed by atoms with Crippen molar-refractivity contribution >= 4 is 5.78 Å². The van der Waals surface area contributed by atoms with E-state index in [1.807, 2.05) is 0 Å². The van der Waals surface area contributed by atoms with Gasteiger partial charge in [-0.2, -0.15) is 0 Å². The van der Waals surface area contributed by atoms with E-state index in [0.29, 0.717) is 17.8 Å². The molecule has 0 radical (unpaired) electrons. The third kappa shape index (κ3) is 1.72. The van der Waals surface area contributed by atoms with Gasteiger partial charge in [0.1, 0.15) is 5.78 Å². The molecule has 1 fully saturated rings. The molecule has 1 heterocycles. The van der Waals surface area contributed by atoms with E-state index in [4.69, 9.17) is 4.74 Å². The average molecular weight is 248 g/mol. The van der Waals surface area contributed by atoms with Crippen molar-refractivity contribution in [1.29, 1.82) is 0 Å². The Bertz CT molecular complexity index is 396. The zero-order valence-corrected chi connectivity index (χ0v) is 11.6. The Kier molecular flexibility index (Phi) is 2.99. The number of allylic oxidation sites excluding steroid dienone is 2. The van der Waals surface area contributed by atoms with Gasteiger partial charge in [0.05, 0.1) is 11.9 Å². The van der Waals surface area contributed by atoms with Crippen LogP contribution in [0, 0.1) is 11.3 Å². The lowest BCUT2D eigenvalue weighted by Gasteiger charge is -2.47. The van der Waals surface area contributed by atoms with Gasteiger partial charge >= 0.3 is 0 Å². The molecular formula is C16H24O2. The van der Waals surface area contributed by atoms with E-state index in [1.165, 1.54) is 24.2 Å². The molecule has 2 heteroatoms. The summed E-state index contributed by atoms with van der Waals surface area (Å²) in [6.45, 7) is 4.40. The highest BCUT2D eigenvalue weighted by Gasteiger charge is 2.48. The second-order valence-corrected chi connectivity index (χ2v) is 6.42. The van der Waals surface area contributed by atoms with Crippen LogP contribution in [-0.2, 0) is 9.53 Å². The third-order valence-electron chi connectivity index (χ3n) is 5.45. The number of ether oxygens (including phenoxy) is 1. The van der Waals surface area contributed by atoms with Gasteiger partial charge in [0.15, 0.2) is 0 Å². The molecule has 0 spiro atoms. The van der Waals surface area contributed by atoms with Crippen LogP contribution in [0.4, 0.5) is 0 Å². The molecule has 18 heavy (non-hydrogen) atoms. The average Bonchev–Trinajstić information content (AvgIpc) is 2.40. The van der Waals surface area contributed by atoms with Crippen LogP contribution >= 0.6 is 0 Å². The maximum Gasteiger partial charge on any atom is 0.139 e. The summed E-state index contributed by atoms with van der Waals surface area (Å²) in [7, 11) is 0. The molecule has 100 valence electrons. The van der Waals surface area contributed by atoms with Crippen LogP contribution in [0.5, 0.6) is 0 Å². The van der Waals surface area contributed by atoms with Gasteiger partial charge in [0.25, 0.3) is 0 Å². The fourth-order valence-corrected chi connectivity index (χ4v) is 4.18. The van der Waals surface area contributed by atoms with E-state index in [9.17, 15) is 4.79 Å². The van der Waals surface area contributed by atoms with E-state index in [2.05, 4.69) is 13.8 Å². The van der Waals surface area contributed by atoms with Gasteiger partial charge in [-0.25, -0.2) is 0 Å². The Labute approximate surface area is 110 Å². The zero-order valence-electron chi connectivity index (χ0n) is 11.6. The molecule has 2 aliphatic carbocycles. The highest BCUT2D eigenvalue weighted by atomic mass is 16.5. The molecule has 2 nitrogen and oxygen atoms in total. The molecule has 1 saturated carbocycles. The molecule has 0 saturated heterocycles.